The summed E-state index contributed by atoms with van der Waals surface area (Å²) < 4.78 is 22.7. The molecule has 0 fully saturated rings. The summed E-state index contributed by atoms with van der Waals surface area (Å²) in [5, 5.41) is 0. The highest BCUT2D eigenvalue weighted by Crippen LogP contribution is 2.37. The van der Waals surface area contributed by atoms with Crippen molar-refractivity contribution in [2.45, 2.75) is 12.5 Å². The van der Waals surface area contributed by atoms with Crippen molar-refractivity contribution in [3.63, 3.8) is 0 Å². The number of sulfone groups is 1. The van der Waals surface area contributed by atoms with Gasteiger partial charge in [-0.1, -0.05) is 42.5 Å². The van der Waals surface area contributed by atoms with Crippen LogP contribution in [0, 0.1) is 0 Å². The third kappa shape index (κ3) is 2.49. The molecule has 104 valence electrons. The molecule has 1 atom stereocenters. The molecule has 0 saturated carbocycles. The van der Waals surface area contributed by atoms with Crippen molar-refractivity contribution < 1.29 is 8.42 Å². The van der Waals surface area contributed by atoms with Crippen LogP contribution < -0.4 is 5.73 Å². The average Bonchev–Trinajstić information content (AvgIpc) is 2.74. The van der Waals surface area contributed by atoms with Gasteiger partial charge in [0.25, 0.3) is 0 Å². The second-order valence-electron chi connectivity index (χ2n) is 5.45. The minimum Gasteiger partial charge on any atom is -0.323 e. The van der Waals surface area contributed by atoms with Crippen molar-refractivity contribution in [2.75, 3.05) is 12.0 Å². The molecule has 3 nitrogen and oxygen atoms in total. The van der Waals surface area contributed by atoms with E-state index in [0.717, 1.165) is 12.0 Å². The quantitative estimate of drug-likeness (QED) is 0.804. The molecule has 2 aromatic rings. The minimum atomic E-state index is -3.06. The maximum Gasteiger partial charge on any atom is 0.149 e. The summed E-state index contributed by atoms with van der Waals surface area (Å²) in [5.41, 5.74) is 11.9. The van der Waals surface area contributed by atoms with Crippen molar-refractivity contribution in [1.82, 2.24) is 0 Å². The third-order valence-corrected chi connectivity index (χ3v) is 4.69. The number of fused-ring (bicyclic) bond motifs is 3. The fourth-order valence-electron chi connectivity index (χ4n) is 2.82. The van der Waals surface area contributed by atoms with Gasteiger partial charge in [0.1, 0.15) is 9.84 Å². The monoisotopic (exact) mass is 287 g/mol. The summed E-state index contributed by atoms with van der Waals surface area (Å²) in [4.78, 5) is 0. The van der Waals surface area contributed by atoms with Gasteiger partial charge < -0.3 is 5.73 Å². The Morgan fingerprint density at radius 2 is 1.80 bits per heavy atom. The second-order valence-corrected chi connectivity index (χ2v) is 7.63. The summed E-state index contributed by atoms with van der Waals surface area (Å²) in [6.07, 6.45) is 2.11. The third-order valence-electron chi connectivity index (χ3n) is 3.73. The second kappa shape index (κ2) is 4.72. The molecule has 0 amide bonds. The molecule has 0 aliphatic heterocycles. The fourth-order valence-corrected chi connectivity index (χ4v) is 3.66. The molecule has 3 rings (SSSR count). The van der Waals surface area contributed by atoms with E-state index in [9.17, 15) is 8.42 Å². The van der Waals surface area contributed by atoms with Gasteiger partial charge in [0.05, 0.1) is 5.75 Å². The number of nitrogens with two attached hydrogens (primary N) is 1. The van der Waals surface area contributed by atoms with Crippen LogP contribution in [0.1, 0.15) is 22.7 Å². The Morgan fingerprint density at radius 3 is 2.55 bits per heavy atom. The Morgan fingerprint density at radius 1 is 1.10 bits per heavy atom. The molecule has 1 aliphatic rings. The molecule has 0 radical (unpaired) electrons. The topological polar surface area (TPSA) is 60.2 Å². The lowest BCUT2D eigenvalue weighted by Gasteiger charge is -2.12. The molecule has 1 unspecified atom stereocenters. The van der Waals surface area contributed by atoms with Crippen LogP contribution in [0.4, 0.5) is 0 Å². The van der Waals surface area contributed by atoms with E-state index in [0.29, 0.717) is 0 Å². The number of hydrogen-bond acceptors (Lipinski definition) is 3. The highest BCUT2D eigenvalue weighted by molar-refractivity contribution is 7.90. The van der Waals surface area contributed by atoms with Crippen molar-refractivity contribution in [2.24, 2.45) is 5.73 Å². The zero-order chi connectivity index (χ0) is 14.3. The van der Waals surface area contributed by atoms with Crippen LogP contribution in [-0.2, 0) is 16.3 Å². The van der Waals surface area contributed by atoms with Crippen molar-refractivity contribution >= 4 is 9.84 Å². The first-order valence-corrected chi connectivity index (χ1v) is 8.64. The van der Waals surface area contributed by atoms with E-state index >= 15 is 0 Å². The summed E-state index contributed by atoms with van der Waals surface area (Å²) in [5.74, 6) is -0.0151. The van der Waals surface area contributed by atoms with Gasteiger partial charge in [-0.2, -0.15) is 0 Å². The smallest absolute Gasteiger partial charge is 0.149 e. The Hall–Kier alpha value is -1.65. The maximum absolute atomic E-state index is 11.3. The Kier molecular flexibility index (Phi) is 3.15. The lowest BCUT2D eigenvalue weighted by atomic mass is 10.0. The molecular weight excluding hydrogens is 270 g/mol. The van der Waals surface area contributed by atoms with E-state index in [4.69, 9.17) is 5.73 Å². The SMILES string of the molecule is CS(=O)(=O)CC(N)c1ccc2c(c1)Cc1ccccc1-2. The molecule has 2 N–H and O–H groups in total. The number of rotatable bonds is 3. The van der Waals surface area contributed by atoms with Gasteiger partial charge in [-0.05, 0) is 34.2 Å². The van der Waals surface area contributed by atoms with Gasteiger partial charge in [-0.25, -0.2) is 8.42 Å². The summed E-state index contributed by atoms with van der Waals surface area (Å²) >= 11 is 0. The molecule has 0 aromatic heterocycles. The van der Waals surface area contributed by atoms with Crippen molar-refractivity contribution in [3.05, 3.63) is 59.2 Å². The molecule has 20 heavy (non-hydrogen) atoms. The molecule has 0 spiro atoms. The Bertz CT molecular complexity index is 766. The van der Waals surface area contributed by atoms with Crippen LogP contribution in [0.5, 0.6) is 0 Å². The highest BCUT2D eigenvalue weighted by atomic mass is 32.2. The van der Waals surface area contributed by atoms with E-state index in [1.54, 1.807) is 0 Å². The Balaban J connectivity index is 1.95. The lowest BCUT2D eigenvalue weighted by molar-refractivity contribution is 0.594. The van der Waals surface area contributed by atoms with E-state index in [2.05, 4.69) is 18.2 Å². The predicted octanol–water partition coefficient (Wildman–Crippen LogP) is 2.30. The highest BCUT2D eigenvalue weighted by Gasteiger charge is 2.20. The number of hydrogen-bond donors (Lipinski definition) is 1. The maximum atomic E-state index is 11.3. The zero-order valence-electron chi connectivity index (χ0n) is 11.3. The minimum absolute atomic E-state index is 0.0151. The largest absolute Gasteiger partial charge is 0.323 e. The molecule has 0 bridgehead atoms. The van der Waals surface area contributed by atoms with Crippen LogP contribution in [0.3, 0.4) is 0 Å². The van der Waals surface area contributed by atoms with Gasteiger partial charge in [0.2, 0.25) is 0 Å². The predicted molar refractivity (Wildman–Crippen MR) is 81.3 cm³/mol. The summed E-state index contributed by atoms with van der Waals surface area (Å²) in [6, 6.07) is 13.9. The molecular formula is C16H17NO2S. The molecule has 1 aliphatic carbocycles. The van der Waals surface area contributed by atoms with Gasteiger partial charge in [-0.3, -0.25) is 0 Å². The van der Waals surface area contributed by atoms with Gasteiger partial charge in [0, 0.05) is 12.3 Å². The normalized spacial score (nSPS) is 14.7. The lowest BCUT2D eigenvalue weighted by Crippen LogP contribution is -2.20. The van der Waals surface area contributed by atoms with E-state index in [-0.39, 0.29) is 5.75 Å². The summed E-state index contributed by atoms with van der Waals surface area (Å²) in [6.45, 7) is 0. The van der Waals surface area contributed by atoms with Gasteiger partial charge in [0.15, 0.2) is 0 Å². The first-order chi connectivity index (χ1) is 9.44. The first kappa shape index (κ1) is 13.3. The Labute approximate surface area is 119 Å². The first-order valence-electron chi connectivity index (χ1n) is 6.58. The van der Waals surface area contributed by atoms with Crippen LogP contribution in [0.2, 0.25) is 0 Å². The fraction of sp³-hybridized carbons (Fsp3) is 0.250. The van der Waals surface area contributed by atoms with Gasteiger partial charge in [-0.15, -0.1) is 0 Å². The van der Waals surface area contributed by atoms with E-state index < -0.39 is 15.9 Å². The standard InChI is InChI=1S/C16H17NO2S/c1-20(18,19)10-16(17)12-6-7-15-13(9-12)8-11-4-2-3-5-14(11)15/h2-7,9,16H,8,10,17H2,1H3. The van der Waals surface area contributed by atoms with E-state index in [1.165, 1.54) is 28.5 Å². The van der Waals surface area contributed by atoms with Crippen molar-refractivity contribution in [1.29, 1.82) is 0 Å². The van der Waals surface area contributed by atoms with Crippen molar-refractivity contribution in [3.8, 4) is 11.1 Å². The van der Waals surface area contributed by atoms with Crippen LogP contribution in [-0.4, -0.2) is 20.4 Å². The van der Waals surface area contributed by atoms with Crippen LogP contribution >= 0.6 is 0 Å². The number of benzene rings is 2. The summed E-state index contributed by atoms with van der Waals surface area (Å²) in [7, 11) is -3.06. The molecule has 2 aromatic carbocycles. The zero-order valence-corrected chi connectivity index (χ0v) is 12.2. The van der Waals surface area contributed by atoms with E-state index in [1.807, 2.05) is 24.3 Å². The molecule has 4 heteroatoms. The van der Waals surface area contributed by atoms with Gasteiger partial charge >= 0.3 is 0 Å². The van der Waals surface area contributed by atoms with Crippen LogP contribution in [0.15, 0.2) is 42.5 Å². The van der Waals surface area contributed by atoms with Crippen LogP contribution in [0.25, 0.3) is 11.1 Å². The average molecular weight is 287 g/mol. The molecule has 0 heterocycles. The molecule has 0 saturated heterocycles.